The number of pyridine rings is 1. The molecule has 1 amide bonds. The second-order valence-electron chi connectivity index (χ2n) is 7.34. The van der Waals surface area contributed by atoms with Gasteiger partial charge in [-0.05, 0) is 55.5 Å². The normalized spacial score (nSPS) is 15.5. The summed E-state index contributed by atoms with van der Waals surface area (Å²) < 4.78 is 29.3. The quantitative estimate of drug-likeness (QED) is 0.776. The highest BCUT2D eigenvalue weighted by molar-refractivity contribution is 7.89. The van der Waals surface area contributed by atoms with Gasteiger partial charge in [-0.3, -0.25) is 9.59 Å². The number of aryl methyl sites for hydroxylation is 2. The number of hydrogen-bond donors (Lipinski definition) is 1. The SMILES string of the molecule is Cc1ccc(Cl)cc1S(=O)(=O)NCC1CCN(C(=O)c2cccn(C)c2=O)CC1. The Bertz CT molecular complexity index is 1070. The van der Waals surface area contributed by atoms with E-state index in [1.54, 1.807) is 43.3 Å². The minimum absolute atomic E-state index is 0.118. The van der Waals surface area contributed by atoms with E-state index in [4.69, 9.17) is 11.6 Å². The summed E-state index contributed by atoms with van der Waals surface area (Å²) in [4.78, 5) is 26.6. The maximum Gasteiger partial charge on any atom is 0.263 e. The summed E-state index contributed by atoms with van der Waals surface area (Å²) in [6.07, 6.45) is 2.94. The first-order chi connectivity index (χ1) is 13.7. The summed E-state index contributed by atoms with van der Waals surface area (Å²) in [5, 5.41) is 0.370. The van der Waals surface area contributed by atoms with Crippen LogP contribution in [0.2, 0.25) is 5.02 Å². The van der Waals surface area contributed by atoms with Gasteiger partial charge in [0.25, 0.3) is 11.5 Å². The van der Waals surface area contributed by atoms with Crippen LogP contribution < -0.4 is 10.3 Å². The average Bonchev–Trinajstić information content (AvgIpc) is 2.70. The molecule has 0 atom stereocenters. The van der Waals surface area contributed by atoms with Crippen LogP contribution in [0.3, 0.4) is 0 Å². The number of piperidine rings is 1. The minimum atomic E-state index is -3.66. The van der Waals surface area contributed by atoms with Crippen LogP contribution in [0.5, 0.6) is 0 Å². The van der Waals surface area contributed by atoms with Gasteiger partial charge >= 0.3 is 0 Å². The molecule has 1 aromatic carbocycles. The fraction of sp³-hybridized carbons (Fsp3) is 0.400. The van der Waals surface area contributed by atoms with Crippen molar-refractivity contribution in [3.63, 3.8) is 0 Å². The lowest BCUT2D eigenvalue weighted by Gasteiger charge is -2.32. The van der Waals surface area contributed by atoms with Gasteiger partial charge in [-0.25, -0.2) is 13.1 Å². The van der Waals surface area contributed by atoms with Crippen LogP contribution in [-0.4, -0.2) is 43.4 Å². The first-order valence-corrected chi connectivity index (χ1v) is 11.3. The lowest BCUT2D eigenvalue weighted by Crippen LogP contribution is -2.43. The molecule has 29 heavy (non-hydrogen) atoms. The van der Waals surface area contributed by atoms with Crippen LogP contribution in [0, 0.1) is 12.8 Å². The largest absolute Gasteiger partial charge is 0.338 e. The van der Waals surface area contributed by atoms with Crippen molar-refractivity contribution in [3.05, 3.63) is 63.0 Å². The van der Waals surface area contributed by atoms with Crippen molar-refractivity contribution in [1.82, 2.24) is 14.2 Å². The van der Waals surface area contributed by atoms with Crippen molar-refractivity contribution in [2.75, 3.05) is 19.6 Å². The standard InChI is InChI=1S/C20H24ClN3O4S/c1-14-5-6-16(21)12-18(14)29(27,28)22-13-15-7-10-24(11-8-15)20(26)17-4-3-9-23(2)19(17)25/h3-6,9,12,15,22H,7-8,10-11,13H2,1-2H3. The van der Waals surface area contributed by atoms with Gasteiger partial charge in [-0.2, -0.15) is 0 Å². The predicted molar refractivity (Wildman–Crippen MR) is 112 cm³/mol. The van der Waals surface area contributed by atoms with Gasteiger partial charge in [0.15, 0.2) is 0 Å². The van der Waals surface area contributed by atoms with E-state index in [0.29, 0.717) is 43.1 Å². The molecule has 1 aliphatic heterocycles. The van der Waals surface area contributed by atoms with E-state index in [1.807, 2.05) is 0 Å². The van der Waals surface area contributed by atoms with E-state index in [2.05, 4.69) is 4.72 Å². The Kier molecular flexibility index (Phi) is 6.45. The van der Waals surface area contributed by atoms with E-state index in [1.165, 1.54) is 16.7 Å². The molecule has 0 unspecified atom stereocenters. The number of nitrogens with zero attached hydrogens (tertiary/aromatic N) is 2. The fourth-order valence-electron chi connectivity index (χ4n) is 3.44. The van der Waals surface area contributed by atoms with Gasteiger partial charge in [0, 0.05) is 37.9 Å². The van der Waals surface area contributed by atoms with Crippen LogP contribution in [0.1, 0.15) is 28.8 Å². The number of benzene rings is 1. The van der Waals surface area contributed by atoms with Crippen LogP contribution in [0.25, 0.3) is 0 Å². The first-order valence-electron chi connectivity index (χ1n) is 9.40. The Morgan fingerprint density at radius 1 is 1.24 bits per heavy atom. The van der Waals surface area contributed by atoms with Gasteiger partial charge in [0.05, 0.1) is 4.90 Å². The number of nitrogens with one attached hydrogen (secondary N) is 1. The topological polar surface area (TPSA) is 88.5 Å². The highest BCUT2D eigenvalue weighted by Crippen LogP contribution is 2.22. The Morgan fingerprint density at radius 3 is 2.62 bits per heavy atom. The average molecular weight is 438 g/mol. The maximum absolute atomic E-state index is 12.6. The number of carbonyl (C=O) groups is 1. The molecule has 0 aliphatic carbocycles. The number of sulfonamides is 1. The molecule has 0 saturated carbocycles. The molecule has 156 valence electrons. The Hall–Kier alpha value is -2.16. The third-order valence-electron chi connectivity index (χ3n) is 5.26. The van der Waals surface area contributed by atoms with E-state index in [9.17, 15) is 18.0 Å². The van der Waals surface area contributed by atoms with Crippen LogP contribution >= 0.6 is 11.6 Å². The van der Waals surface area contributed by atoms with Crippen LogP contribution in [0.4, 0.5) is 0 Å². The zero-order chi connectivity index (χ0) is 21.2. The molecule has 0 spiro atoms. The smallest absolute Gasteiger partial charge is 0.263 e. The Labute approximate surface area is 175 Å². The molecule has 1 aliphatic rings. The van der Waals surface area contributed by atoms with Crippen LogP contribution in [-0.2, 0) is 17.1 Å². The Balaban J connectivity index is 1.59. The van der Waals surface area contributed by atoms with Crippen molar-refractivity contribution < 1.29 is 13.2 Å². The molecule has 2 aromatic rings. The van der Waals surface area contributed by atoms with Crippen LogP contribution in [0.15, 0.2) is 46.2 Å². The number of aromatic nitrogens is 1. The van der Waals surface area contributed by atoms with Crippen molar-refractivity contribution in [1.29, 1.82) is 0 Å². The number of rotatable bonds is 5. The second kappa shape index (κ2) is 8.69. The van der Waals surface area contributed by atoms with E-state index in [0.717, 1.165) is 0 Å². The molecule has 2 heterocycles. The zero-order valence-corrected chi connectivity index (χ0v) is 18.0. The van der Waals surface area contributed by atoms with E-state index in [-0.39, 0.29) is 27.8 Å². The van der Waals surface area contributed by atoms with Crippen molar-refractivity contribution in [2.45, 2.75) is 24.7 Å². The van der Waals surface area contributed by atoms with Crippen molar-refractivity contribution in [2.24, 2.45) is 13.0 Å². The van der Waals surface area contributed by atoms with E-state index < -0.39 is 10.0 Å². The lowest BCUT2D eigenvalue weighted by molar-refractivity contribution is 0.0689. The van der Waals surface area contributed by atoms with Gasteiger partial charge in [0.2, 0.25) is 10.0 Å². The molecule has 0 bridgehead atoms. The molecule has 7 nitrogen and oxygen atoms in total. The number of hydrogen-bond acceptors (Lipinski definition) is 4. The van der Waals surface area contributed by atoms with Gasteiger partial charge in [-0.1, -0.05) is 17.7 Å². The summed E-state index contributed by atoms with van der Waals surface area (Å²) in [5.41, 5.74) is 0.474. The van der Waals surface area contributed by atoms with Gasteiger partial charge in [0.1, 0.15) is 5.56 Å². The molecule has 1 N–H and O–H groups in total. The monoisotopic (exact) mass is 437 g/mol. The number of likely N-dealkylation sites (tertiary alicyclic amines) is 1. The maximum atomic E-state index is 12.6. The molecular weight excluding hydrogens is 414 g/mol. The summed E-state index contributed by atoms with van der Waals surface area (Å²) in [7, 11) is -2.04. The predicted octanol–water partition coefficient (Wildman–Crippen LogP) is 2.18. The highest BCUT2D eigenvalue weighted by atomic mass is 35.5. The lowest BCUT2D eigenvalue weighted by atomic mass is 9.97. The molecule has 1 fully saturated rings. The van der Waals surface area contributed by atoms with Gasteiger partial charge in [-0.15, -0.1) is 0 Å². The summed E-state index contributed by atoms with van der Waals surface area (Å²) in [5.74, 6) is -0.160. The van der Waals surface area contributed by atoms with Crippen molar-refractivity contribution in [3.8, 4) is 0 Å². The summed E-state index contributed by atoms with van der Waals surface area (Å²) >= 11 is 5.94. The molecule has 3 rings (SSSR count). The highest BCUT2D eigenvalue weighted by Gasteiger charge is 2.26. The summed E-state index contributed by atoms with van der Waals surface area (Å²) in [6, 6.07) is 7.99. The number of halogens is 1. The minimum Gasteiger partial charge on any atom is -0.338 e. The summed E-state index contributed by atoms with van der Waals surface area (Å²) in [6.45, 7) is 2.99. The molecule has 9 heteroatoms. The zero-order valence-electron chi connectivity index (χ0n) is 16.4. The molecular formula is C20H24ClN3O4S. The third-order valence-corrected chi connectivity index (χ3v) is 7.06. The third kappa shape index (κ3) is 4.88. The Morgan fingerprint density at radius 2 is 1.93 bits per heavy atom. The number of amides is 1. The fourth-order valence-corrected chi connectivity index (χ4v) is 5.06. The molecule has 0 radical (unpaired) electrons. The van der Waals surface area contributed by atoms with Gasteiger partial charge < -0.3 is 9.47 Å². The first kappa shape index (κ1) is 21.5. The van der Waals surface area contributed by atoms with Crippen molar-refractivity contribution >= 4 is 27.5 Å². The second-order valence-corrected chi connectivity index (χ2v) is 9.51. The molecule has 1 saturated heterocycles. The van der Waals surface area contributed by atoms with E-state index >= 15 is 0 Å². The molecule has 1 aromatic heterocycles. The number of carbonyl (C=O) groups excluding carboxylic acids is 1.